The first kappa shape index (κ1) is 10.9. The van der Waals surface area contributed by atoms with Gasteiger partial charge in [-0.3, -0.25) is 0 Å². The van der Waals surface area contributed by atoms with Crippen molar-refractivity contribution in [2.45, 2.75) is 18.7 Å². The highest BCUT2D eigenvalue weighted by Crippen LogP contribution is 2.31. The van der Waals surface area contributed by atoms with E-state index in [1.807, 2.05) is 13.0 Å². The molecule has 0 bridgehead atoms. The van der Waals surface area contributed by atoms with Crippen LogP contribution in [0.15, 0.2) is 16.7 Å². The summed E-state index contributed by atoms with van der Waals surface area (Å²) in [6.07, 6.45) is 0.770. The summed E-state index contributed by atoms with van der Waals surface area (Å²) in [5.41, 5.74) is 0. The minimum absolute atomic E-state index is 0.196. The van der Waals surface area contributed by atoms with Crippen molar-refractivity contribution < 1.29 is 4.52 Å². The topological polar surface area (TPSA) is 38.9 Å². The smallest absolute Gasteiger partial charge is 0.268 e. The van der Waals surface area contributed by atoms with E-state index in [9.17, 15) is 0 Å². The second kappa shape index (κ2) is 4.51. The average molecular weight is 263 g/mol. The number of alkyl halides is 1. The fraction of sp³-hybridized carbons (Fsp3) is 0.333. The van der Waals surface area contributed by atoms with Crippen LogP contribution >= 0.6 is 34.5 Å². The molecule has 0 aliphatic rings. The van der Waals surface area contributed by atoms with Crippen molar-refractivity contribution in [2.24, 2.45) is 0 Å². The van der Waals surface area contributed by atoms with E-state index >= 15 is 0 Å². The molecule has 0 spiro atoms. The molecule has 6 heteroatoms. The Labute approximate surface area is 101 Å². The fourth-order valence-electron chi connectivity index (χ4n) is 1.07. The molecule has 0 aliphatic carbocycles. The van der Waals surface area contributed by atoms with Crippen molar-refractivity contribution in [1.82, 2.24) is 10.1 Å². The molecule has 0 saturated carbocycles. The lowest BCUT2D eigenvalue weighted by Gasteiger charge is -1.95. The van der Waals surface area contributed by atoms with Gasteiger partial charge in [0, 0.05) is 0 Å². The quantitative estimate of drug-likeness (QED) is 0.781. The second-order valence-corrected chi connectivity index (χ2v) is 5.18. The van der Waals surface area contributed by atoms with Crippen LogP contribution in [-0.4, -0.2) is 10.1 Å². The SMILES string of the molecule is CCC(Cl)c1noc(-c2ccc(Cl)s2)n1. The Morgan fingerprint density at radius 3 is 2.93 bits per heavy atom. The van der Waals surface area contributed by atoms with Gasteiger partial charge in [-0.1, -0.05) is 23.7 Å². The Hall–Kier alpha value is -0.580. The highest BCUT2D eigenvalue weighted by Gasteiger charge is 2.15. The second-order valence-electron chi connectivity index (χ2n) is 2.94. The first-order chi connectivity index (χ1) is 7.20. The number of aromatic nitrogens is 2. The van der Waals surface area contributed by atoms with Gasteiger partial charge in [-0.25, -0.2) is 0 Å². The van der Waals surface area contributed by atoms with Crippen molar-refractivity contribution in [3.8, 4) is 10.8 Å². The zero-order valence-electron chi connectivity index (χ0n) is 7.91. The number of halogens is 2. The number of nitrogens with zero attached hydrogens (tertiary/aromatic N) is 2. The van der Waals surface area contributed by atoms with Crippen LogP contribution in [0.5, 0.6) is 0 Å². The number of hydrogen-bond acceptors (Lipinski definition) is 4. The molecule has 2 heterocycles. The molecule has 0 aromatic carbocycles. The van der Waals surface area contributed by atoms with Crippen molar-refractivity contribution in [3.05, 3.63) is 22.3 Å². The van der Waals surface area contributed by atoms with Crippen LogP contribution in [0.2, 0.25) is 4.34 Å². The van der Waals surface area contributed by atoms with Crippen molar-refractivity contribution in [3.63, 3.8) is 0 Å². The largest absolute Gasteiger partial charge is 0.333 e. The predicted molar refractivity (Wildman–Crippen MR) is 61.5 cm³/mol. The van der Waals surface area contributed by atoms with Crippen molar-refractivity contribution >= 4 is 34.5 Å². The molecule has 2 aromatic rings. The fourth-order valence-corrected chi connectivity index (χ4v) is 2.13. The number of hydrogen-bond donors (Lipinski definition) is 0. The summed E-state index contributed by atoms with van der Waals surface area (Å²) in [6.45, 7) is 1.97. The highest BCUT2D eigenvalue weighted by molar-refractivity contribution is 7.19. The molecule has 1 unspecified atom stereocenters. The lowest BCUT2D eigenvalue weighted by Crippen LogP contribution is -1.90. The molecule has 80 valence electrons. The molecule has 1 atom stereocenters. The van der Waals surface area contributed by atoms with Crippen molar-refractivity contribution in [2.75, 3.05) is 0 Å². The summed E-state index contributed by atoms with van der Waals surface area (Å²) in [5, 5.41) is 3.62. The Morgan fingerprint density at radius 2 is 2.33 bits per heavy atom. The Bertz CT molecular complexity index is 454. The number of rotatable bonds is 3. The summed E-state index contributed by atoms with van der Waals surface area (Å²) in [5.74, 6) is 1.000. The first-order valence-electron chi connectivity index (χ1n) is 4.44. The molecule has 0 saturated heterocycles. The minimum atomic E-state index is -0.196. The molecule has 0 amide bonds. The summed E-state index contributed by atoms with van der Waals surface area (Å²) < 4.78 is 5.79. The van der Waals surface area contributed by atoms with E-state index in [1.54, 1.807) is 6.07 Å². The van der Waals surface area contributed by atoms with Gasteiger partial charge in [0.25, 0.3) is 5.89 Å². The van der Waals surface area contributed by atoms with Gasteiger partial charge in [-0.05, 0) is 18.6 Å². The molecular formula is C9H8Cl2N2OS. The summed E-state index contributed by atoms with van der Waals surface area (Å²) in [7, 11) is 0. The standard InChI is InChI=1S/C9H8Cl2N2OS/c1-2-5(10)8-12-9(14-13-8)6-3-4-7(11)15-6/h3-5H,2H2,1H3. The Balaban J connectivity index is 2.27. The lowest BCUT2D eigenvalue weighted by atomic mass is 10.3. The van der Waals surface area contributed by atoms with E-state index in [2.05, 4.69) is 10.1 Å². The van der Waals surface area contributed by atoms with Crippen LogP contribution < -0.4 is 0 Å². The first-order valence-corrected chi connectivity index (χ1v) is 6.07. The van der Waals surface area contributed by atoms with Crippen molar-refractivity contribution in [1.29, 1.82) is 0 Å². The van der Waals surface area contributed by atoms with E-state index in [0.717, 1.165) is 11.3 Å². The summed E-state index contributed by atoms with van der Waals surface area (Å²) in [4.78, 5) is 5.07. The number of thiophene rings is 1. The minimum Gasteiger partial charge on any atom is -0.333 e. The van der Waals surface area contributed by atoms with Gasteiger partial charge in [-0.2, -0.15) is 4.98 Å². The van der Waals surface area contributed by atoms with Gasteiger partial charge in [-0.15, -0.1) is 22.9 Å². The normalized spacial score (nSPS) is 13.0. The van der Waals surface area contributed by atoms with Crippen LogP contribution in [0, 0.1) is 0 Å². The molecule has 2 aromatic heterocycles. The van der Waals surface area contributed by atoms with Crippen LogP contribution in [0.4, 0.5) is 0 Å². The van der Waals surface area contributed by atoms with Crippen LogP contribution in [0.25, 0.3) is 10.8 Å². The molecule has 0 fully saturated rings. The van der Waals surface area contributed by atoms with E-state index in [0.29, 0.717) is 16.1 Å². The monoisotopic (exact) mass is 262 g/mol. The molecule has 3 nitrogen and oxygen atoms in total. The van der Waals surface area contributed by atoms with E-state index < -0.39 is 0 Å². The van der Waals surface area contributed by atoms with Gasteiger partial charge in [0.15, 0.2) is 5.82 Å². The third-order valence-corrected chi connectivity index (χ3v) is 3.59. The van der Waals surface area contributed by atoms with E-state index in [4.69, 9.17) is 27.7 Å². The van der Waals surface area contributed by atoms with Gasteiger partial charge in [0.1, 0.15) is 0 Å². The summed E-state index contributed by atoms with van der Waals surface area (Å²) in [6, 6.07) is 3.64. The molecule has 2 rings (SSSR count). The molecule has 0 aliphatic heterocycles. The maximum atomic E-state index is 5.99. The van der Waals surface area contributed by atoms with E-state index in [-0.39, 0.29) is 5.38 Å². The van der Waals surface area contributed by atoms with Gasteiger partial charge in [0.05, 0.1) is 14.6 Å². The Kier molecular flexibility index (Phi) is 3.29. The molecular weight excluding hydrogens is 255 g/mol. The average Bonchev–Trinajstić information content (AvgIpc) is 2.84. The summed E-state index contributed by atoms with van der Waals surface area (Å²) >= 11 is 13.2. The van der Waals surface area contributed by atoms with Crippen LogP contribution in [0.1, 0.15) is 24.5 Å². The zero-order chi connectivity index (χ0) is 10.8. The van der Waals surface area contributed by atoms with Gasteiger partial charge < -0.3 is 4.52 Å². The van der Waals surface area contributed by atoms with Crippen LogP contribution in [0.3, 0.4) is 0 Å². The van der Waals surface area contributed by atoms with E-state index in [1.165, 1.54) is 11.3 Å². The highest BCUT2D eigenvalue weighted by atomic mass is 35.5. The Morgan fingerprint density at radius 1 is 1.53 bits per heavy atom. The predicted octanol–water partition coefficient (Wildman–Crippen LogP) is 4.14. The van der Waals surface area contributed by atoms with Gasteiger partial charge in [0.2, 0.25) is 0 Å². The lowest BCUT2D eigenvalue weighted by molar-refractivity contribution is 0.422. The maximum absolute atomic E-state index is 5.99. The zero-order valence-corrected chi connectivity index (χ0v) is 10.2. The molecule has 0 N–H and O–H groups in total. The van der Waals surface area contributed by atoms with Crippen LogP contribution in [-0.2, 0) is 0 Å². The molecule has 15 heavy (non-hydrogen) atoms. The maximum Gasteiger partial charge on any atom is 0.268 e. The third kappa shape index (κ3) is 2.33. The third-order valence-electron chi connectivity index (χ3n) is 1.86. The van der Waals surface area contributed by atoms with Gasteiger partial charge >= 0.3 is 0 Å². The molecule has 0 radical (unpaired) electrons.